The van der Waals surface area contributed by atoms with Crippen LogP contribution in [0.15, 0.2) is 58.0 Å². The zero-order valence-corrected chi connectivity index (χ0v) is 26.5. The van der Waals surface area contributed by atoms with Crippen LogP contribution in [0.25, 0.3) is 0 Å². The van der Waals surface area contributed by atoms with Crippen molar-refractivity contribution in [3.05, 3.63) is 69.7 Å². The number of benzene rings is 2. The first-order valence-corrected chi connectivity index (χ1v) is 15.0. The van der Waals surface area contributed by atoms with Crippen LogP contribution in [0.4, 0.5) is 0 Å². The van der Waals surface area contributed by atoms with Crippen molar-refractivity contribution in [2.75, 3.05) is 6.54 Å². The van der Waals surface area contributed by atoms with E-state index in [0.29, 0.717) is 24.9 Å². The van der Waals surface area contributed by atoms with Gasteiger partial charge in [0.1, 0.15) is 17.9 Å². The number of nitrogens with two attached hydrogens (primary N) is 4. The number of nitrogens with zero attached hydrogens (tertiary/aromatic N) is 1. The van der Waals surface area contributed by atoms with Crippen molar-refractivity contribution in [3.8, 4) is 0 Å². The molecule has 0 spiro atoms. The molecule has 0 heterocycles. The third kappa shape index (κ3) is 11.2. The van der Waals surface area contributed by atoms with Crippen LogP contribution in [0.5, 0.6) is 0 Å². The Morgan fingerprint density at radius 2 is 1.53 bits per heavy atom. The van der Waals surface area contributed by atoms with Crippen molar-refractivity contribution < 1.29 is 14.4 Å². The molecule has 13 heteroatoms. The average Bonchev–Trinajstić information content (AvgIpc) is 2.97. The van der Waals surface area contributed by atoms with Crippen LogP contribution in [0.1, 0.15) is 67.6 Å². The van der Waals surface area contributed by atoms with Gasteiger partial charge in [-0.05, 0) is 61.3 Å². The highest BCUT2D eigenvalue weighted by molar-refractivity contribution is 9.10. The number of nitrogens with one attached hydrogen (secondary N) is 3. The summed E-state index contributed by atoms with van der Waals surface area (Å²) in [6, 6.07) is 13.0. The maximum absolute atomic E-state index is 14.0. The molecule has 2 aromatic carbocycles. The predicted molar refractivity (Wildman–Crippen MR) is 175 cm³/mol. The number of guanidine groups is 1. The number of amidine groups is 1. The second-order valence-corrected chi connectivity index (χ2v) is 11.6. The van der Waals surface area contributed by atoms with Gasteiger partial charge in [0.2, 0.25) is 17.7 Å². The normalized spacial score (nSPS) is 15.2. The van der Waals surface area contributed by atoms with Gasteiger partial charge < -0.3 is 33.6 Å². The van der Waals surface area contributed by atoms with Gasteiger partial charge in [-0.25, -0.2) is 0 Å². The number of rotatable bonds is 14. The third-order valence-corrected chi connectivity index (χ3v) is 8.13. The van der Waals surface area contributed by atoms with E-state index in [-0.39, 0.29) is 42.4 Å². The highest BCUT2D eigenvalue weighted by atomic mass is 79.9. The molecule has 234 valence electrons. The molecular weight excluding hydrogens is 636 g/mol. The zero-order valence-electron chi connectivity index (χ0n) is 24.1. The molecule has 1 aliphatic rings. The van der Waals surface area contributed by atoms with E-state index in [1.54, 1.807) is 12.1 Å². The molecule has 3 amide bonds. The summed E-state index contributed by atoms with van der Waals surface area (Å²) in [5.74, 6) is -2.13. The second kappa shape index (κ2) is 17.5. The molecule has 11 N–H and O–H groups in total. The Morgan fingerprint density at radius 3 is 2.09 bits per heavy atom. The third-order valence-electron chi connectivity index (χ3n) is 7.60. The Bertz CT molecular complexity index is 1260. The molecule has 11 nitrogen and oxygen atoms in total. The average molecular weight is 678 g/mol. The molecule has 0 radical (unpaired) electrons. The summed E-state index contributed by atoms with van der Waals surface area (Å²) in [5.41, 5.74) is 24.2. The van der Waals surface area contributed by atoms with Crippen LogP contribution < -0.4 is 33.6 Å². The maximum atomic E-state index is 14.0. The molecule has 1 saturated carbocycles. The molecule has 0 aromatic heterocycles. The molecule has 1 unspecified atom stereocenters. The SMILES string of the molecule is Cl.N=C(N)c1ccc(C[C@H](C(=O)N[C@H](C(=O)NC(CCCN=C(N)N)C(N)=O)C2CCCCC2)c2ccc(Br)cc2)cc1. The first kappa shape index (κ1) is 35.6. The van der Waals surface area contributed by atoms with Crippen LogP contribution in [0, 0.1) is 11.3 Å². The predicted octanol–water partition coefficient (Wildman–Crippen LogP) is 2.57. The highest BCUT2D eigenvalue weighted by Gasteiger charge is 2.35. The lowest BCUT2D eigenvalue weighted by Gasteiger charge is -2.32. The number of primary amides is 1. The number of amides is 3. The Morgan fingerprint density at radius 1 is 0.907 bits per heavy atom. The molecule has 2 aromatic rings. The molecule has 0 aliphatic heterocycles. The molecule has 1 fully saturated rings. The summed E-state index contributed by atoms with van der Waals surface area (Å²) in [6.07, 6.45) is 5.66. The lowest BCUT2D eigenvalue weighted by atomic mass is 9.82. The van der Waals surface area contributed by atoms with E-state index in [4.69, 9.17) is 28.3 Å². The standard InChI is InChI=1S/C30H41BrN8O3.ClH/c31-22-14-12-19(13-15-22)23(17-18-8-10-21(11-9-18)26(32)33)28(41)39-25(20-5-2-1-3-6-20)29(42)38-24(27(34)40)7-4-16-37-30(35)36;/h8-15,20,23-25H,1-7,16-17H2,(H3,32,33)(H2,34,40)(H,38,42)(H,39,41)(H4,35,36,37);1H/t23-,24?,25-;/m0./s1. The maximum Gasteiger partial charge on any atom is 0.243 e. The second-order valence-electron chi connectivity index (χ2n) is 10.7. The van der Waals surface area contributed by atoms with E-state index in [0.717, 1.165) is 47.7 Å². The molecule has 43 heavy (non-hydrogen) atoms. The van der Waals surface area contributed by atoms with Crippen molar-refractivity contribution in [2.24, 2.45) is 33.8 Å². The quantitative estimate of drug-likeness (QED) is 0.0905. The lowest BCUT2D eigenvalue weighted by Crippen LogP contribution is -2.56. The molecular formula is C30H42BrClN8O3. The van der Waals surface area contributed by atoms with Crippen molar-refractivity contribution in [2.45, 2.75) is 69.4 Å². The van der Waals surface area contributed by atoms with E-state index in [2.05, 4.69) is 31.6 Å². The van der Waals surface area contributed by atoms with E-state index < -0.39 is 29.8 Å². The first-order valence-electron chi connectivity index (χ1n) is 14.2. The van der Waals surface area contributed by atoms with E-state index in [1.807, 2.05) is 36.4 Å². The van der Waals surface area contributed by atoms with Gasteiger partial charge in [-0.2, -0.15) is 0 Å². The number of hydrogen-bond donors (Lipinski definition) is 7. The fourth-order valence-electron chi connectivity index (χ4n) is 5.28. The molecule has 0 bridgehead atoms. The van der Waals surface area contributed by atoms with Gasteiger partial charge in [-0.3, -0.25) is 24.8 Å². The van der Waals surface area contributed by atoms with E-state index in [1.165, 1.54) is 0 Å². The topological polar surface area (TPSA) is 216 Å². The van der Waals surface area contributed by atoms with Crippen molar-refractivity contribution in [3.63, 3.8) is 0 Å². The number of hydrogen-bond acceptors (Lipinski definition) is 5. The van der Waals surface area contributed by atoms with Crippen LogP contribution in [-0.4, -0.2) is 48.1 Å². The van der Waals surface area contributed by atoms with Gasteiger partial charge in [0, 0.05) is 16.6 Å². The van der Waals surface area contributed by atoms with Gasteiger partial charge in [-0.15, -0.1) is 12.4 Å². The van der Waals surface area contributed by atoms with Gasteiger partial charge in [0.25, 0.3) is 0 Å². The monoisotopic (exact) mass is 676 g/mol. The number of aliphatic imine (C=N–C) groups is 1. The smallest absolute Gasteiger partial charge is 0.243 e. The summed E-state index contributed by atoms with van der Waals surface area (Å²) in [4.78, 5) is 43.7. The van der Waals surface area contributed by atoms with Gasteiger partial charge in [-0.1, -0.05) is 71.6 Å². The number of halogens is 2. The summed E-state index contributed by atoms with van der Waals surface area (Å²) < 4.78 is 0.882. The van der Waals surface area contributed by atoms with Crippen LogP contribution in [-0.2, 0) is 20.8 Å². The zero-order chi connectivity index (χ0) is 30.6. The summed E-state index contributed by atoms with van der Waals surface area (Å²) in [7, 11) is 0. The molecule has 0 saturated heterocycles. The van der Waals surface area contributed by atoms with Gasteiger partial charge in [0.05, 0.1) is 5.92 Å². The minimum absolute atomic E-state index is 0. The van der Waals surface area contributed by atoms with Crippen molar-refractivity contribution in [1.82, 2.24) is 10.6 Å². The summed E-state index contributed by atoms with van der Waals surface area (Å²) in [6.45, 7) is 0.299. The first-order chi connectivity index (χ1) is 20.0. The van der Waals surface area contributed by atoms with Crippen molar-refractivity contribution >= 4 is 57.9 Å². The largest absolute Gasteiger partial charge is 0.384 e. The lowest BCUT2D eigenvalue weighted by molar-refractivity contribution is -0.133. The van der Waals surface area contributed by atoms with Gasteiger partial charge in [0.15, 0.2) is 5.96 Å². The van der Waals surface area contributed by atoms with Crippen LogP contribution >= 0.6 is 28.3 Å². The van der Waals surface area contributed by atoms with E-state index in [9.17, 15) is 14.4 Å². The molecule has 3 rings (SSSR count). The number of carbonyl (C=O) groups excluding carboxylic acids is 3. The molecule has 1 aliphatic carbocycles. The Balaban J connectivity index is 0.00000645. The van der Waals surface area contributed by atoms with Crippen LogP contribution in [0.2, 0.25) is 0 Å². The number of carbonyl (C=O) groups is 3. The summed E-state index contributed by atoms with van der Waals surface area (Å²) in [5, 5.41) is 13.5. The fraction of sp³-hybridized carbons (Fsp3) is 0.433. The molecule has 3 atom stereocenters. The van der Waals surface area contributed by atoms with Crippen molar-refractivity contribution in [1.29, 1.82) is 5.41 Å². The highest BCUT2D eigenvalue weighted by Crippen LogP contribution is 2.29. The van der Waals surface area contributed by atoms with Crippen LogP contribution in [0.3, 0.4) is 0 Å². The minimum atomic E-state index is -0.920. The Labute approximate surface area is 267 Å². The van der Waals surface area contributed by atoms with E-state index >= 15 is 0 Å². The number of nitrogen functional groups attached to an aromatic ring is 1. The minimum Gasteiger partial charge on any atom is -0.384 e. The fourth-order valence-corrected chi connectivity index (χ4v) is 5.55. The Kier molecular flexibility index (Phi) is 14.4. The summed E-state index contributed by atoms with van der Waals surface area (Å²) >= 11 is 3.45. The Hall–Kier alpha value is -3.64. The van der Waals surface area contributed by atoms with Gasteiger partial charge >= 0.3 is 0 Å².